The lowest BCUT2D eigenvalue weighted by atomic mass is 10.2. The van der Waals surface area contributed by atoms with Gasteiger partial charge in [-0.1, -0.05) is 18.2 Å². The average molecular weight is 318 g/mol. The number of sulfonamides is 1. The lowest BCUT2D eigenvalue weighted by Crippen LogP contribution is -2.36. The minimum Gasteiger partial charge on any atom is -0.398 e. The molecule has 0 aliphatic heterocycles. The van der Waals surface area contributed by atoms with Gasteiger partial charge in [-0.15, -0.1) is 0 Å². The Bertz CT molecular complexity index is 694. The highest BCUT2D eigenvalue weighted by Crippen LogP contribution is 2.32. The van der Waals surface area contributed by atoms with Gasteiger partial charge in [-0.2, -0.15) is 4.31 Å². The Morgan fingerprint density at radius 1 is 1.20 bits per heavy atom. The third kappa shape index (κ3) is 3.94. The average Bonchev–Trinajstić information content (AvgIpc) is 3.08. The predicted molar refractivity (Wildman–Crippen MR) is 78.1 cm³/mol. The number of para-hydroxylation sites is 1. The molecule has 1 aromatic rings. The molecular formula is C12H18N2O4S2. The van der Waals surface area contributed by atoms with Crippen LogP contribution in [0, 0.1) is 0 Å². The van der Waals surface area contributed by atoms with Crippen molar-refractivity contribution in [2.24, 2.45) is 0 Å². The molecule has 0 atom stereocenters. The minimum absolute atomic E-state index is 0.110. The third-order valence-electron chi connectivity index (χ3n) is 3.06. The van der Waals surface area contributed by atoms with Crippen LogP contribution < -0.4 is 5.73 Å². The van der Waals surface area contributed by atoms with Crippen LogP contribution in [0.15, 0.2) is 24.3 Å². The molecular weight excluding hydrogens is 300 g/mol. The summed E-state index contributed by atoms with van der Waals surface area (Å²) in [5.74, 6) is 0. The van der Waals surface area contributed by atoms with E-state index in [0.717, 1.165) is 19.1 Å². The van der Waals surface area contributed by atoms with E-state index in [4.69, 9.17) is 5.73 Å². The first-order valence-corrected chi connectivity index (χ1v) is 9.87. The maximum absolute atomic E-state index is 12.2. The molecule has 6 nitrogen and oxygen atoms in total. The molecule has 8 heteroatoms. The lowest BCUT2D eigenvalue weighted by Gasteiger charge is -2.22. The molecule has 0 bridgehead atoms. The Hall–Kier alpha value is -1.12. The molecule has 0 aromatic heterocycles. The normalized spacial score (nSPS) is 16.5. The van der Waals surface area contributed by atoms with Crippen molar-refractivity contribution in [3.63, 3.8) is 0 Å². The minimum atomic E-state index is -3.84. The van der Waals surface area contributed by atoms with Gasteiger partial charge in [-0.05, 0) is 24.5 Å². The number of nitrogens with zero attached hydrogens (tertiary/aromatic N) is 1. The van der Waals surface area contributed by atoms with Gasteiger partial charge in [0.15, 0.2) is 14.9 Å². The van der Waals surface area contributed by atoms with E-state index in [1.165, 1.54) is 4.31 Å². The first kappa shape index (κ1) is 15.3. The van der Waals surface area contributed by atoms with E-state index in [1.54, 1.807) is 24.3 Å². The fourth-order valence-electron chi connectivity index (χ4n) is 2.00. The molecule has 1 saturated carbocycles. The van der Waals surface area contributed by atoms with Gasteiger partial charge in [-0.25, -0.2) is 16.8 Å². The molecule has 1 aliphatic carbocycles. The van der Waals surface area contributed by atoms with E-state index in [2.05, 4.69) is 0 Å². The number of benzene rings is 1. The summed E-state index contributed by atoms with van der Waals surface area (Å²) < 4.78 is 48.3. The van der Waals surface area contributed by atoms with Crippen molar-refractivity contribution in [1.29, 1.82) is 0 Å². The van der Waals surface area contributed by atoms with Gasteiger partial charge in [0, 0.05) is 24.5 Å². The van der Waals surface area contributed by atoms with Crippen LogP contribution in [-0.2, 0) is 26.4 Å². The first-order chi connectivity index (χ1) is 9.19. The van der Waals surface area contributed by atoms with Crippen molar-refractivity contribution in [3.8, 4) is 0 Å². The van der Waals surface area contributed by atoms with Gasteiger partial charge in [0.2, 0.25) is 10.0 Å². The second-order valence-electron chi connectivity index (χ2n) is 5.13. The van der Waals surface area contributed by atoms with Crippen LogP contribution >= 0.6 is 0 Å². The van der Waals surface area contributed by atoms with Crippen LogP contribution in [0.2, 0.25) is 0 Å². The van der Waals surface area contributed by atoms with Crippen molar-refractivity contribution >= 4 is 25.5 Å². The van der Waals surface area contributed by atoms with Gasteiger partial charge >= 0.3 is 0 Å². The molecule has 2 N–H and O–H groups in total. The highest BCUT2D eigenvalue weighted by Gasteiger charge is 2.38. The highest BCUT2D eigenvalue weighted by atomic mass is 32.3. The summed E-state index contributed by atoms with van der Waals surface area (Å²) in [6.07, 6.45) is 2.44. The maximum Gasteiger partial charge on any atom is 0.229 e. The predicted octanol–water partition coefficient (Wildman–Crippen LogP) is 0.565. The fraction of sp³-hybridized carbons (Fsp3) is 0.500. The number of nitrogens with two attached hydrogens (primary N) is 1. The van der Waals surface area contributed by atoms with Crippen molar-refractivity contribution in [3.05, 3.63) is 29.8 Å². The largest absolute Gasteiger partial charge is 0.398 e. The lowest BCUT2D eigenvalue weighted by molar-refractivity contribution is 0.402. The Balaban J connectivity index is 2.27. The van der Waals surface area contributed by atoms with E-state index < -0.39 is 24.9 Å². The van der Waals surface area contributed by atoms with Crippen LogP contribution in [0.5, 0.6) is 0 Å². The first-order valence-electron chi connectivity index (χ1n) is 6.20. The number of sulfone groups is 1. The summed E-state index contributed by atoms with van der Waals surface area (Å²) in [5.41, 5.74) is 7.02. The van der Waals surface area contributed by atoms with Crippen molar-refractivity contribution < 1.29 is 16.8 Å². The van der Waals surface area contributed by atoms with E-state index in [-0.39, 0.29) is 12.6 Å². The Labute approximate surface area is 119 Å². The molecule has 1 aromatic carbocycles. The number of rotatable bonds is 6. The number of nitrogen functional groups attached to an aromatic ring is 1. The summed E-state index contributed by atoms with van der Waals surface area (Å²) in [5, 5.41) is -0.858. The molecule has 1 aliphatic rings. The van der Waals surface area contributed by atoms with Gasteiger partial charge in [0.25, 0.3) is 0 Å². The molecule has 0 heterocycles. The Kier molecular flexibility index (Phi) is 4.08. The summed E-state index contributed by atoms with van der Waals surface area (Å²) in [6, 6.07) is 6.89. The van der Waals surface area contributed by atoms with Gasteiger partial charge in [0.05, 0.1) is 0 Å². The maximum atomic E-state index is 12.2. The summed E-state index contributed by atoms with van der Waals surface area (Å²) >= 11 is 0. The number of anilines is 1. The van der Waals surface area contributed by atoms with Crippen molar-refractivity contribution in [2.45, 2.75) is 25.4 Å². The topological polar surface area (TPSA) is 97.5 Å². The quantitative estimate of drug-likeness (QED) is 0.773. The smallest absolute Gasteiger partial charge is 0.229 e. The third-order valence-corrected chi connectivity index (χ3v) is 7.10. The molecule has 0 amide bonds. The van der Waals surface area contributed by atoms with Gasteiger partial charge in [-0.3, -0.25) is 0 Å². The second-order valence-corrected chi connectivity index (χ2v) is 9.56. The zero-order valence-corrected chi connectivity index (χ0v) is 12.8. The molecule has 0 unspecified atom stereocenters. The molecule has 2 rings (SSSR count). The van der Waals surface area contributed by atoms with Crippen LogP contribution in [-0.4, -0.2) is 38.5 Å². The molecule has 1 fully saturated rings. The van der Waals surface area contributed by atoms with E-state index >= 15 is 0 Å². The van der Waals surface area contributed by atoms with Crippen molar-refractivity contribution in [2.75, 3.05) is 17.1 Å². The highest BCUT2D eigenvalue weighted by molar-refractivity contribution is 8.06. The molecule has 0 spiro atoms. The van der Waals surface area contributed by atoms with Crippen LogP contribution in [0.25, 0.3) is 0 Å². The number of hydrogen-bond donors (Lipinski definition) is 1. The standard InChI is InChI=1S/C12H18N2O4S2/c1-19(15,16)9-20(17,18)14(11-6-7-11)8-10-4-2-3-5-12(10)13/h2-5,11H,6-9,13H2,1H3. The monoisotopic (exact) mass is 318 g/mol. The van der Waals surface area contributed by atoms with Crippen molar-refractivity contribution in [1.82, 2.24) is 4.31 Å². The molecule has 0 saturated heterocycles. The summed E-state index contributed by atoms with van der Waals surface area (Å²) in [7, 11) is -7.44. The van der Waals surface area contributed by atoms with E-state index in [0.29, 0.717) is 11.3 Å². The second kappa shape index (κ2) is 5.34. The van der Waals surface area contributed by atoms with Crippen LogP contribution in [0.1, 0.15) is 18.4 Å². The summed E-state index contributed by atoms with van der Waals surface area (Å²) in [6.45, 7) is 0.120. The van der Waals surface area contributed by atoms with Gasteiger partial charge in [0.1, 0.15) is 0 Å². The van der Waals surface area contributed by atoms with Crippen LogP contribution in [0.4, 0.5) is 5.69 Å². The zero-order chi connectivity index (χ0) is 15.0. The van der Waals surface area contributed by atoms with Gasteiger partial charge < -0.3 is 5.73 Å². The number of hydrogen-bond acceptors (Lipinski definition) is 5. The SMILES string of the molecule is CS(=O)(=O)CS(=O)(=O)N(Cc1ccccc1N)C1CC1. The van der Waals surface area contributed by atoms with E-state index in [1.807, 2.05) is 0 Å². The van der Waals surface area contributed by atoms with Crippen LogP contribution in [0.3, 0.4) is 0 Å². The molecule has 20 heavy (non-hydrogen) atoms. The molecule has 0 radical (unpaired) electrons. The zero-order valence-electron chi connectivity index (χ0n) is 11.2. The fourth-order valence-corrected chi connectivity index (χ4v) is 5.71. The molecule has 112 valence electrons. The summed E-state index contributed by atoms with van der Waals surface area (Å²) in [4.78, 5) is 0. The Morgan fingerprint density at radius 2 is 1.80 bits per heavy atom. The Morgan fingerprint density at radius 3 is 2.30 bits per heavy atom. The van der Waals surface area contributed by atoms with E-state index in [9.17, 15) is 16.8 Å².